The van der Waals surface area contributed by atoms with Gasteiger partial charge in [0.1, 0.15) is 0 Å². The van der Waals surface area contributed by atoms with E-state index in [-0.39, 0.29) is 6.04 Å². The van der Waals surface area contributed by atoms with Gasteiger partial charge in [-0.15, -0.1) is 0 Å². The molecule has 2 rings (SSSR count). The Hall–Kier alpha value is -1.19. The minimum atomic E-state index is 0.150. The molecule has 0 aliphatic heterocycles. The number of aromatic nitrogens is 2. The maximum Gasteiger partial charge on any atom is 0.0728 e. The summed E-state index contributed by atoms with van der Waals surface area (Å²) >= 11 is 12.1. The monoisotopic (exact) mass is 269 g/mol. The first-order chi connectivity index (χ1) is 8.20. The summed E-state index contributed by atoms with van der Waals surface area (Å²) in [6, 6.07) is 5.71. The molecule has 0 bridgehead atoms. The van der Waals surface area contributed by atoms with Crippen LogP contribution >= 0.6 is 23.2 Å². The zero-order chi connectivity index (χ0) is 12.3. The summed E-state index contributed by atoms with van der Waals surface area (Å²) in [4.78, 5) is 0. The predicted octanol–water partition coefficient (Wildman–Crippen LogP) is 4.28. The minimum Gasteiger partial charge on any atom is -0.376 e. The first kappa shape index (κ1) is 12.3. The molecule has 0 saturated carbocycles. The summed E-state index contributed by atoms with van der Waals surface area (Å²) in [6.07, 6.45) is 4.48. The van der Waals surface area contributed by atoms with Gasteiger partial charge in [-0.05, 0) is 24.1 Å². The summed E-state index contributed by atoms with van der Waals surface area (Å²) in [5, 5.41) is 11.4. The molecular formula is C12H13Cl2N3. The standard InChI is InChI=1S/C12H13Cl2N3/c1-2-12(17-9-6-15-16-7-9)10-4-3-8(13)5-11(10)14/h3-7,12,17H,2H2,1H3,(H,15,16). The molecule has 0 radical (unpaired) electrons. The zero-order valence-electron chi connectivity index (χ0n) is 9.37. The van der Waals surface area contributed by atoms with Crippen molar-refractivity contribution in [2.24, 2.45) is 0 Å². The molecule has 5 heteroatoms. The highest BCUT2D eigenvalue weighted by molar-refractivity contribution is 6.35. The average molecular weight is 270 g/mol. The molecule has 0 fully saturated rings. The van der Waals surface area contributed by atoms with Crippen molar-refractivity contribution in [3.8, 4) is 0 Å². The van der Waals surface area contributed by atoms with E-state index < -0.39 is 0 Å². The van der Waals surface area contributed by atoms with E-state index in [4.69, 9.17) is 23.2 Å². The summed E-state index contributed by atoms with van der Waals surface area (Å²) in [5.74, 6) is 0. The Morgan fingerprint density at radius 3 is 2.82 bits per heavy atom. The fourth-order valence-corrected chi connectivity index (χ4v) is 2.26. The molecular weight excluding hydrogens is 257 g/mol. The van der Waals surface area contributed by atoms with Gasteiger partial charge in [0.25, 0.3) is 0 Å². The molecule has 2 N–H and O–H groups in total. The number of benzene rings is 1. The molecule has 3 nitrogen and oxygen atoms in total. The highest BCUT2D eigenvalue weighted by atomic mass is 35.5. The van der Waals surface area contributed by atoms with Gasteiger partial charge in [0.05, 0.1) is 17.9 Å². The van der Waals surface area contributed by atoms with Crippen LogP contribution in [0.25, 0.3) is 0 Å². The number of H-pyrrole nitrogens is 1. The van der Waals surface area contributed by atoms with Gasteiger partial charge in [-0.1, -0.05) is 36.2 Å². The Kier molecular flexibility index (Phi) is 3.92. The van der Waals surface area contributed by atoms with Gasteiger partial charge < -0.3 is 5.32 Å². The average Bonchev–Trinajstić information content (AvgIpc) is 2.79. The number of aromatic amines is 1. The lowest BCUT2D eigenvalue weighted by Crippen LogP contribution is -2.09. The summed E-state index contributed by atoms with van der Waals surface area (Å²) < 4.78 is 0. The van der Waals surface area contributed by atoms with Crippen molar-refractivity contribution >= 4 is 28.9 Å². The second-order valence-corrected chi connectivity index (χ2v) is 4.60. The quantitative estimate of drug-likeness (QED) is 0.870. The number of hydrogen-bond acceptors (Lipinski definition) is 2. The van der Waals surface area contributed by atoms with Crippen molar-refractivity contribution in [2.45, 2.75) is 19.4 Å². The van der Waals surface area contributed by atoms with E-state index in [1.807, 2.05) is 18.3 Å². The summed E-state index contributed by atoms with van der Waals surface area (Å²) in [7, 11) is 0. The number of anilines is 1. The van der Waals surface area contributed by atoms with Crippen molar-refractivity contribution < 1.29 is 0 Å². The molecule has 1 aromatic heterocycles. The van der Waals surface area contributed by atoms with Gasteiger partial charge in [-0.3, -0.25) is 5.10 Å². The van der Waals surface area contributed by atoms with Crippen molar-refractivity contribution in [2.75, 3.05) is 5.32 Å². The van der Waals surface area contributed by atoms with Gasteiger partial charge in [0.15, 0.2) is 0 Å². The van der Waals surface area contributed by atoms with Gasteiger partial charge in [0, 0.05) is 16.2 Å². The lowest BCUT2D eigenvalue weighted by Gasteiger charge is -2.18. The first-order valence-electron chi connectivity index (χ1n) is 5.41. The molecule has 1 aromatic carbocycles. The van der Waals surface area contributed by atoms with E-state index in [0.29, 0.717) is 10.0 Å². The molecule has 17 heavy (non-hydrogen) atoms. The van der Waals surface area contributed by atoms with Crippen LogP contribution in [-0.2, 0) is 0 Å². The zero-order valence-corrected chi connectivity index (χ0v) is 10.9. The third-order valence-electron chi connectivity index (χ3n) is 2.59. The van der Waals surface area contributed by atoms with E-state index in [2.05, 4.69) is 22.4 Å². The molecule has 1 unspecified atom stereocenters. The van der Waals surface area contributed by atoms with Crippen LogP contribution in [0.2, 0.25) is 10.0 Å². The molecule has 90 valence electrons. The van der Waals surface area contributed by atoms with Crippen LogP contribution in [-0.4, -0.2) is 10.2 Å². The lowest BCUT2D eigenvalue weighted by molar-refractivity contribution is 0.750. The Labute approximate surface area is 110 Å². The van der Waals surface area contributed by atoms with Crippen molar-refractivity contribution in [1.82, 2.24) is 10.2 Å². The molecule has 0 aliphatic carbocycles. The van der Waals surface area contributed by atoms with Crippen LogP contribution < -0.4 is 5.32 Å². The maximum atomic E-state index is 6.20. The van der Waals surface area contributed by atoms with Crippen LogP contribution in [0.3, 0.4) is 0 Å². The second kappa shape index (κ2) is 5.43. The highest BCUT2D eigenvalue weighted by Gasteiger charge is 2.13. The number of halogens is 2. The molecule has 1 heterocycles. The second-order valence-electron chi connectivity index (χ2n) is 3.76. The molecule has 0 spiro atoms. The van der Waals surface area contributed by atoms with Crippen LogP contribution in [0.1, 0.15) is 24.9 Å². The highest BCUT2D eigenvalue weighted by Crippen LogP contribution is 2.30. The number of hydrogen-bond donors (Lipinski definition) is 2. The minimum absolute atomic E-state index is 0.150. The smallest absolute Gasteiger partial charge is 0.0728 e. The Balaban J connectivity index is 2.23. The third-order valence-corrected chi connectivity index (χ3v) is 3.15. The van der Waals surface area contributed by atoms with E-state index in [1.165, 1.54) is 0 Å². The van der Waals surface area contributed by atoms with Crippen LogP contribution in [0.5, 0.6) is 0 Å². The van der Waals surface area contributed by atoms with E-state index in [1.54, 1.807) is 12.3 Å². The van der Waals surface area contributed by atoms with Crippen LogP contribution in [0.4, 0.5) is 5.69 Å². The van der Waals surface area contributed by atoms with Gasteiger partial charge in [-0.25, -0.2) is 0 Å². The van der Waals surface area contributed by atoms with Crippen LogP contribution in [0, 0.1) is 0 Å². The number of nitrogens with one attached hydrogen (secondary N) is 2. The van der Waals surface area contributed by atoms with Gasteiger partial charge in [-0.2, -0.15) is 5.10 Å². The fraction of sp³-hybridized carbons (Fsp3) is 0.250. The Morgan fingerprint density at radius 2 is 2.24 bits per heavy atom. The predicted molar refractivity (Wildman–Crippen MR) is 71.7 cm³/mol. The van der Waals surface area contributed by atoms with E-state index in [0.717, 1.165) is 17.7 Å². The maximum absolute atomic E-state index is 6.20. The van der Waals surface area contributed by atoms with Gasteiger partial charge >= 0.3 is 0 Å². The molecule has 0 saturated heterocycles. The van der Waals surface area contributed by atoms with E-state index in [9.17, 15) is 0 Å². The van der Waals surface area contributed by atoms with Crippen molar-refractivity contribution in [3.05, 3.63) is 46.2 Å². The Bertz CT molecular complexity index is 483. The third kappa shape index (κ3) is 2.93. The molecule has 1 atom stereocenters. The fourth-order valence-electron chi connectivity index (χ4n) is 1.71. The van der Waals surface area contributed by atoms with Crippen LogP contribution in [0.15, 0.2) is 30.6 Å². The Morgan fingerprint density at radius 1 is 1.41 bits per heavy atom. The van der Waals surface area contributed by atoms with Crippen molar-refractivity contribution in [3.63, 3.8) is 0 Å². The lowest BCUT2D eigenvalue weighted by atomic mass is 10.0. The number of rotatable bonds is 4. The topological polar surface area (TPSA) is 40.7 Å². The number of nitrogens with zero attached hydrogens (tertiary/aromatic N) is 1. The SMILES string of the molecule is CCC(Nc1cn[nH]c1)c1ccc(Cl)cc1Cl. The molecule has 0 aliphatic rings. The van der Waals surface area contributed by atoms with Gasteiger partial charge in [0.2, 0.25) is 0 Å². The van der Waals surface area contributed by atoms with Crippen molar-refractivity contribution in [1.29, 1.82) is 0 Å². The van der Waals surface area contributed by atoms with E-state index >= 15 is 0 Å². The molecule has 0 amide bonds. The summed E-state index contributed by atoms with van der Waals surface area (Å²) in [6.45, 7) is 2.10. The largest absolute Gasteiger partial charge is 0.376 e. The normalized spacial score (nSPS) is 12.4. The molecule has 2 aromatic rings. The first-order valence-corrected chi connectivity index (χ1v) is 6.16. The summed E-state index contributed by atoms with van der Waals surface area (Å²) in [5.41, 5.74) is 1.99.